The van der Waals surface area contributed by atoms with Gasteiger partial charge in [-0.1, -0.05) is 30.3 Å². The van der Waals surface area contributed by atoms with Gasteiger partial charge in [-0.25, -0.2) is 23.9 Å². The molecule has 1 atom stereocenters. The van der Waals surface area contributed by atoms with Gasteiger partial charge in [-0.05, 0) is 65.3 Å². The van der Waals surface area contributed by atoms with Crippen LogP contribution in [-0.4, -0.2) is 68.5 Å². The van der Waals surface area contributed by atoms with Crippen LogP contribution in [0.2, 0.25) is 0 Å². The van der Waals surface area contributed by atoms with Gasteiger partial charge in [0.2, 0.25) is 0 Å². The maximum Gasteiger partial charge on any atom is 0.420 e. The number of nitrogens with zero attached hydrogens (tertiary/aromatic N) is 2. The Balaban J connectivity index is 1.78. The third-order valence-electron chi connectivity index (χ3n) is 5.79. The number of imidazole rings is 1. The van der Waals surface area contributed by atoms with Crippen molar-refractivity contribution in [3.8, 4) is 0 Å². The largest absolute Gasteiger partial charge is 0.481 e. The number of aryl methyl sites for hydroxylation is 1. The molecule has 2 amide bonds. The Labute approximate surface area is 254 Å². The van der Waals surface area contributed by atoms with E-state index in [1.807, 2.05) is 6.07 Å². The molecule has 3 aromatic rings. The first-order chi connectivity index (χ1) is 20.5. The Hall–Kier alpha value is -4.94. The number of alkyl carbamates (subject to hydrolysis) is 1. The van der Waals surface area contributed by atoms with E-state index < -0.39 is 47.3 Å². The molecular formula is C31H38N4O9. The van der Waals surface area contributed by atoms with E-state index in [4.69, 9.17) is 19.3 Å². The van der Waals surface area contributed by atoms with Crippen LogP contribution < -0.4 is 10.6 Å². The first-order valence-electron chi connectivity index (χ1n) is 14.0. The molecule has 44 heavy (non-hydrogen) atoms. The SMILES string of the molecule is CC(C)(C)OC(=O)C(CNC(=O)c1ccc2c(c1)nc(CCC(=O)O)n2C(=O)OC(C)(C)C)NC(=O)OCc1ccccc1. The molecule has 0 spiro atoms. The van der Waals surface area contributed by atoms with Gasteiger partial charge >= 0.3 is 24.1 Å². The average Bonchev–Trinajstić information content (AvgIpc) is 3.29. The lowest BCUT2D eigenvalue weighted by atomic mass is 10.1. The average molecular weight is 611 g/mol. The van der Waals surface area contributed by atoms with Crippen molar-refractivity contribution in [3.63, 3.8) is 0 Å². The molecule has 3 N–H and O–H groups in total. The van der Waals surface area contributed by atoms with E-state index in [0.717, 1.165) is 5.56 Å². The minimum absolute atomic E-state index is 0.0233. The molecule has 0 bridgehead atoms. The Kier molecular flexibility index (Phi) is 10.7. The van der Waals surface area contributed by atoms with Gasteiger partial charge in [0, 0.05) is 18.5 Å². The molecule has 13 nitrogen and oxygen atoms in total. The fraction of sp³-hybridized carbons (Fsp3) is 0.419. The Morgan fingerprint density at radius 1 is 0.932 bits per heavy atom. The van der Waals surface area contributed by atoms with Gasteiger partial charge in [0.25, 0.3) is 5.91 Å². The third-order valence-corrected chi connectivity index (χ3v) is 5.79. The highest BCUT2D eigenvalue weighted by Gasteiger charge is 2.29. The fourth-order valence-electron chi connectivity index (χ4n) is 3.94. The van der Waals surface area contributed by atoms with Crippen LogP contribution in [0.25, 0.3) is 11.0 Å². The number of carbonyl (C=O) groups is 5. The zero-order chi connectivity index (χ0) is 32.7. The van der Waals surface area contributed by atoms with Crippen molar-refractivity contribution in [1.29, 1.82) is 0 Å². The number of benzene rings is 2. The number of aliphatic carboxylic acids is 1. The number of hydrogen-bond donors (Lipinski definition) is 3. The molecule has 2 aromatic carbocycles. The van der Waals surface area contributed by atoms with E-state index in [1.54, 1.807) is 65.8 Å². The van der Waals surface area contributed by atoms with Gasteiger partial charge < -0.3 is 30.0 Å². The lowest BCUT2D eigenvalue weighted by Crippen LogP contribution is -2.50. The Morgan fingerprint density at radius 3 is 2.20 bits per heavy atom. The maximum atomic E-state index is 13.1. The molecule has 0 saturated heterocycles. The third kappa shape index (κ3) is 10.1. The first-order valence-corrected chi connectivity index (χ1v) is 14.0. The lowest BCUT2D eigenvalue weighted by Gasteiger charge is -2.24. The predicted octanol–water partition coefficient (Wildman–Crippen LogP) is 4.20. The highest BCUT2D eigenvalue weighted by molar-refractivity contribution is 5.99. The summed E-state index contributed by atoms with van der Waals surface area (Å²) in [5.41, 5.74) is -0.192. The summed E-state index contributed by atoms with van der Waals surface area (Å²) in [4.78, 5) is 67.0. The number of hydrogen-bond acceptors (Lipinski definition) is 9. The number of carboxylic acids is 1. The fourth-order valence-corrected chi connectivity index (χ4v) is 3.94. The number of ether oxygens (including phenoxy) is 3. The summed E-state index contributed by atoms with van der Waals surface area (Å²) in [5.74, 6) is -2.27. The second kappa shape index (κ2) is 14.0. The number of fused-ring (bicyclic) bond motifs is 1. The van der Waals surface area contributed by atoms with Crippen LogP contribution in [-0.2, 0) is 36.8 Å². The van der Waals surface area contributed by atoms with Crippen molar-refractivity contribution in [2.45, 2.75) is 78.2 Å². The highest BCUT2D eigenvalue weighted by Crippen LogP contribution is 2.22. The number of amides is 2. The van der Waals surface area contributed by atoms with Crippen LogP contribution >= 0.6 is 0 Å². The van der Waals surface area contributed by atoms with E-state index >= 15 is 0 Å². The molecule has 0 radical (unpaired) electrons. The molecule has 13 heteroatoms. The summed E-state index contributed by atoms with van der Waals surface area (Å²) in [6, 6.07) is 12.1. The van der Waals surface area contributed by atoms with E-state index in [9.17, 15) is 24.0 Å². The van der Waals surface area contributed by atoms with E-state index in [-0.39, 0.29) is 42.9 Å². The summed E-state index contributed by atoms with van der Waals surface area (Å²) in [6.07, 6.45) is -1.93. The number of rotatable bonds is 10. The van der Waals surface area contributed by atoms with Gasteiger partial charge in [0.1, 0.15) is 29.7 Å². The number of carboxylic acid groups (broad SMARTS) is 1. The number of aromatic nitrogens is 2. The molecule has 3 rings (SSSR count). The van der Waals surface area contributed by atoms with Crippen molar-refractivity contribution >= 4 is 41.1 Å². The van der Waals surface area contributed by atoms with E-state index in [0.29, 0.717) is 5.52 Å². The zero-order valence-electron chi connectivity index (χ0n) is 25.6. The molecular weight excluding hydrogens is 572 g/mol. The van der Waals surface area contributed by atoms with Crippen LogP contribution in [0, 0.1) is 0 Å². The summed E-state index contributed by atoms with van der Waals surface area (Å²) < 4.78 is 17.3. The summed E-state index contributed by atoms with van der Waals surface area (Å²) in [5, 5.41) is 14.2. The molecule has 236 valence electrons. The molecule has 1 unspecified atom stereocenters. The molecule has 1 aromatic heterocycles. The monoisotopic (exact) mass is 610 g/mol. The van der Waals surface area contributed by atoms with Gasteiger partial charge in [0.05, 0.1) is 17.5 Å². The van der Waals surface area contributed by atoms with Crippen molar-refractivity contribution in [1.82, 2.24) is 20.2 Å². The van der Waals surface area contributed by atoms with Crippen molar-refractivity contribution in [2.75, 3.05) is 6.54 Å². The molecule has 0 fully saturated rings. The number of nitrogens with one attached hydrogen (secondary N) is 2. The van der Waals surface area contributed by atoms with Gasteiger partial charge in [0.15, 0.2) is 0 Å². The quantitative estimate of drug-likeness (QED) is 0.223. The Bertz CT molecular complexity index is 1520. The summed E-state index contributed by atoms with van der Waals surface area (Å²) in [7, 11) is 0. The van der Waals surface area contributed by atoms with Gasteiger partial charge in [-0.15, -0.1) is 0 Å². The number of esters is 1. The van der Waals surface area contributed by atoms with Crippen molar-refractivity contribution < 1.29 is 43.3 Å². The molecule has 1 heterocycles. The second-order valence-corrected chi connectivity index (χ2v) is 11.9. The molecule has 0 saturated carbocycles. The molecule has 0 aliphatic heterocycles. The predicted molar refractivity (Wildman–Crippen MR) is 159 cm³/mol. The normalized spacial score (nSPS) is 12.2. The van der Waals surface area contributed by atoms with Gasteiger partial charge in [-0.2, -0.15) is 0 Å². The van der Waals surface area contributed by atoms with Crippen LogP contribution in [0.5, 0.6) is 0 Å². The smallest absolute Gasteiger partial charge is 0.420 e. The molecule has 0 aliphatic carbocycles. The topological polar surface area (TPSA) is 175 Å². The van der Waals surface area contributed by atoms with Crippen LogP contribution in [0.3, 0.4) is 0 Å². The number of carbonyl (C=O) groups excluding carboxylic acids is 4. The summed E-state index contributed by atoms with van der Waals surface area (Å²) >= 11 is 0. The lowest BCUT2D eigenvalue weighted by molar-refractivity contribution is -0.157. The van der Waals surface area contributed by atoms with Crippen molar-refractivity contribution in [3.05, 3.63) is 65.5 Å². The van der Waals surface area contributed by atoms with Crippen LogP contribution in [0.1, 0.15) is 69.7 Å². The van der Waals surface area contributed by atoms with Gasteiger partial charge in [-0.3, -0.25) is 9.59 Å². The molecule has 0 aliphatic rings. The highest BCUT2D eigenvalue weighted by atomic mass is 16.6. The maximum absolute atomic E-state index is 13.1. The van der Waals surface area contributed by atoms with Crippen LogP contribution in [0.4, 0.5) is 9.59 Å². The van der Waals surface area contributed by atoms with E-state index in [1.165, 1.54) is 22.8 Å². The first kappa shape index (κ1) is 33.6. The van der Waals surface area contributed by atoms with E-state index in [2.05, 4.69) is 15.6 Å². The van der Waals surface area contributed by atoms with Crippen LogP contribution in [0.15, 0.2) is 48.5 Å². The Morgan fingerprint density at radius 2 is 1.59 bits per heavy atom. The summed E-state index contributed by atoms with van der Waals surface area (Å²) in [6.45, 7) is 9.77. The minimum Gasteiger partial charge on any atom is -0.481 e. The zero-order valence-corrected chi connectivity index (χ0v) is 25.6. The standard InChI is InChI=1S/C31H38N4O9/c1-30(2,3)43-27(39)22(34-28(40)42-18-19-10-8-7-9-11-19)17-32-26(38)20-12-13-23-21(16-20)33-24(14-15-25(36)37)35(23)29(41)44-31(4,5)6/h7-13,16,22H,14-15,17-18H2,1-6H3,(H,32,38)(H,34,40)(H,36,37). The second-order valence-electron chi connectivity index (χ2n) is 11.9. The van der Waals surface area contributed by atoms with Crippen molar-refractivity contribution in [2.24, 2.45) is 0 Å². The minimum atomic E-state index is -1.26.